The van der Waals surface area contributed by atoms with Crippen LogP contribution in [0.15, 0.2) is 139 Å². The van der Waals surface area contributed by atoms with Crippen molar-refractivity contribution in [3.63, 3.8) is 0 Å². The summed E-state index contributed by atoms with van der Waals surface area (Å²) in [4.78, 5) is 48.4. The minimum absolute atomic E-state index is 0.0541. The quantitative estimate of drug-likeness (QED) is 0.00538. The average Bonchev–Trinajstić information content (AvgIpc) is 3.56. The van der Waals surface area contributed by atoms with Crippen LogP contribution in [0.2, 0.25) is 0 Å². The molecule has 2 atom stereocenters. The monoisotopic (exact) mass is 1210 g/mol. The van der Waals surface area contributed by atoms with E-state index in [1.165, 1.54) is 27.4 Å². The molecule has 6 N–H and O–H groups in total. The number of rotatable bonds is 35. The van der Waals surface area contributed by atoms with Crippen molar-refractivity contribution in [2.24, 2.45) is 0 Å². The van der Waals surface area contributed by atoms with Crippen LogP contribution >= 0.6 is 0 Å². The van der Waals surface area contributed by atoms with Crippen LogP contribution in [0.5, 0.6) is 23.0 Å². The molecule has 0 radical (unpaired) electrons. The van der Waals surface area contributed by atoms with Crippen molar-refractivity contribution in [3.8, 4) is 23.0 Å². The minimum Gasteiger partial charge on any atom is -0.496 e. The number of ether oxygens (including phenoxy) is 6. The number of carbonyl (C=O) groups excluding carboxylic acids is 3. The Balaban J connectivity index is 1.10. The number of esters is 3. The molecule has 27 heteroatoms. The minimum atomic E-state index is -3.89. The number of hydroxylamine groups is 1. The number of anilines is 6. The second-order valence-electron chi connectivity index (χ2n) is 18.0. The highest BCUT2D eigenvalue weighted by atomic mass is 32.2. The van der Waals surface area contributed by atoms with Gasteiger partial charge in [-0.05, 0) is 89.7 Å². The van der Waals surface area contributed by atoms with E-state index in [2.05, 4.69) is 50.6 Å². The molecule has 7 rings (SSSR count). The van der Waals surface area contributed by atoms with Gasteiger partial charge in [-0.3, -0.25) is 0 Å². The first-order valence-corrected chi connectivity index (χ1v) is 29.7. The van der Waals surface area contributed by atoms with E-state index in [4.69, 9.17) is 51.8 Å². The third-order valence-electron chi connectivity index (χ3n) is 12.3. The standard InChI is InChI=1S/C57H63N9O15S3/c1-7-52(67)77-25-17-15-13-11-10-12-14-16-24-60-84(72,73)45-28-39-20-23-42(31-48(39)51(34-45)76-6)63-57-65-55(61-40-21-18-37-26-43(32-49(74-4)46(37)29-40)80-83(71)59-36-79-54(69)9-3)64-56(66-57)62-41-22-19-38-27-44(33-50(75-5)47(38)30-41)82(70)81-58-35-78-53(68)8-2/h7-9,18-23,26-34,58-60H,1-3,10-17,24-25,35-36H2,4-6H3,(H3,61,62,63,64,65,66). The Morgan fingerprint density at radius 3 is 1.55 bits per heavy atom. The van der Waals surface area contributed by atoms with Gasteiger partial charge in [0, 0.05) is 70.1 Å². The van der Waals surface area contributed by atoms with E-state index in [1.54, 1.807) is 84.9 Å². The molecule has 0 bridgehead atoms. The molecule has 0 amide bonds. The number of carbonyl (C=O) groups is 3. The number of hydrogen-bond donors (Lipinski definition) is 6. The molecule has 0 saturated heterocycles. The highest BCUT2D eigenvalue weighted by molar-refractivity contribution is 7.89. The molecule has 0 aliphatic carbocycles. The summed E-state index contributed by atoms with van der Waals surface area (Å²) in [5.41, 5.74) is 3.93. The van der Waals surface area contributed by atoms with Gasteiger partial charge in [0.1, 0.15) is 23.0 Å². The number of nitrogens with one attached hydrogen (secondary N) is 6. The fraction of sp³-hybridized carbons (Fsp3) is 0.263. The normalized spacial score (nSPS) is 11.9. The molecule has 7 aromatic rings. The van der Waals surface area contributed by atoms with E-state index in [-0.39, 0.29) is 53.4 Å². The van der Waals surface area contributed by atoms with Gasteiger partial charge in [-0.2, -0.15) is 28.2 Å². The van der Waals surface area contributed by atoms with Gasteiger partial charge in [-0.15, -0.1) is 5.48 Å². The Kier molecular flexibility index (Phi) is 23.4. The van der Waals surface area contributed by atoms with Crippen LogP contribution in [0.4, 0.5) is 34.9 Å². The van der Waals surface area contributed by atoms with Crippen LogP contribution < -0.4 is 49.3 Å². The highest BCUT2D eigenvalue weighted by Crippen LogP contribution is 2.37. The summed E-state index contributed by atoms with van der Waals surface area (Å²) >= 11 is -4.11. The molecule has 0 spiro atoms. The summed E-state index contributed by atoms with van der Waals surface area (Å²) in [6.45, 7) is 9.96. The van der Waals surface area contributed by atoms with E-state index in [0.29, 0.717) is 79.7 Å². The van der Waals surface area contributed by atoms with Gasteiger partial charge in [0.05, 0.1) is 37.7 Å². The first-order chi connectivity index (χ1) is 40.6. The molecule has 24 nitrogen and oxygen atoms in total. The van der Waals surface area contributed by atoms with Crippen molar-refractivity contribution in [2.75, 3.05) is 63.9 Å². The van der Waals surface area contributed by atoms with Gasteiger partial charge in [0.25, 0.3) is 11.3 Å². The van der Waals surface area contributed by atoms with Gasteiger partial charge in [-0.25, -0.2) is 31.7 Å². The molecule has 84 heavy (non-hydrogen) atoms. The number of fused-ring (bicyclic) bond motifs is 3. The SMILES string of the molecule is C=CC(=O)OCCCCCCCCCCNS(=O)(=O)c1cc(OC)c2cc(Nc3nc(Nc4ccc5cc(OS(=O)NCOC(=O)C=C)cc(OC)c5c4)nc(Nc4ccc5cc(S(=O)ONCOC(=O)C=C)cc(OC)c5c4)n3)ccc2c1. The predicted octanol–water partition coefficient (Wildman–Crippen LogP) is 9.18. The van der Waals surface area contributed by atoms with Crippen molar-refractivity contribution in [3.05, 3.63) is 129 Å². The Hall–Kier alpha value is -8.57. The summed E-state index contributed by atoms with van der Waals surface area (Å²) in [5.74, 6) is -0.237. The second-order valence-corrected chi connectivity index (χ2v) is 21.8. The summed E-state index contributed by atoms with van der Waals surface area (Å²) in [6, 6.07) is 25.4. The third-order valence-corrected chi connectivity index (χ3v) is 15.3. The van der Waals surface area contributed by atoms with Gasteiger partial charge >= 0.3 is 17.9 Å². The lowest BCUT2D eigenvalue weighted by atomic mass is 10.1. The van der Waals surface area contributed by atoms with E-state index in [9.17, 15) is 31.2 Å². The van der Waals surface area contributed by atoms with Crippen LogP contribution in [-0.4, -0.2) is 97.6 Å². The lowest BCUT2D eigenvalue weighted by Crippen LogP contribution is -2.25. The molecule has 2 unspecified atom stereocenters. The molecule has 6 aromatic carbocycles. The Labute approximate surface area is 490 Å². The maximum absolute atomic E-state index is 13.6. The summed E-state index contributed by atoms with van der Waals surface area (Å²) in [6.07, 6.45) is 10.5. The van der Waals surface area contributed by atoms with Crippen LogP contribution in [-0.2, 0) is 65.2 Å². The largest absolute Gasteiger partial charge is 0.496 e. The highest BCUT2D eigenvalue weighted by Gasteiger charge is 2.19. The smallest absolute Gasteiger partial charge is 0.331 e. The Morgan fingerprint density at radius 2 is 1.01 bits per heavy atom. The average molecular weight is 1210 g/mol. The zero-order chi connectivity index (χ0) is 60.0. The van der Waals surface area contributed by atoms with E-state index >= 15 is 0 Å². The van der Waals surface area contributed by atoms with Crippen LogP contribution in [0.25, 0.3) is 32.3 Å². The molecule has 0 aliphatic rings. The molecular formula is C57H63N9O15S3. The predicted molar refractivity (Wildman–Crippen MR) is 319 cm³/mol. The lowest BCUT2D eigenvalue weighted by Gasteiger charge is -2.15. The van der Waals surface area contributed by atoms with Crippen molar-refractivity contribution in [1.29, 1.82) is 0 Å². The second kappa shape index (κ2) is 31.2. The van der Waals surface area contributed by atoms with Gasteiger partial charge in [0.2, 0.25) is 38.9 Å². The van der Waals surface area contributed by atoms with Gasteiger partial charge in [-0.1, -0.05) is 76.5 Å². The number of unbranched alkanes of at least 4 members (excludes halogenated alkanes) is 7. The summed E-state index contributed by atoms with van der Waals surface area (Å²) in [5, 5.41) is 13.6. The molecule has 0 fully saturated rings. The third kappa shape index (κ3) is 18.2. The molecular weight excluding hydrogens is 1150 g/mol. The molecule has 444 valence electrons. The number of methoxy groups -OCH3 is 3. The van der Waals surface area contributed by atoms with Crippen molar-refractivity contribution in [1.82, 2.24) is 29.9 Å². The fourth-order valence-corrected chi connectivity index (χ4v) is 10.6. The maximum Gasteiger partial charge on any atom is 0.331 e. The zero-order valence-electron chi connectivity index (χ0n) is 46.2. The van der Waals surface area contributed by atoms with E-state index in [1.807, 2.05) is 0 Å². The van der Waals surface area contributed by atoms with Crippen molar-refractivity contribution >= 4 is 118 Å². The molecule has 1 aromatic heterocycles. The molecule has 0 saturated carbocycles. The summed E-state index contributed by atoms with van der Waals surface area (Å²) in [7, 11) is 0.511. The van der Waals surface area contributed by atoms with Crippen LogP contribution in [0.3, 0.4) is 0 Å². The number of hydrogen-bond acceptors (Lipinski definition) is 22. The molecule has 0 aliphatic heterocycles. The number of benzene rings is 6. The maximum atomic E-state index is 13.6. The first kappa shape index (κ1) is 63.0. The topological polar surface area (TPSA) is 304 Å². The Morgan fingerprint density at radius 1 is 0.548 bits per heavy atom. The fourth-order valence-electron chi connectivity index (χ4n) is 8.28. The summed E-state index contributed by atoms with van der Waals surface area (Å²) < 4.78 is 100. The first-order valence-electron chi connectivity index (χ1n) is 26.1. The van der Waals surface area contributed by atoms with Crippen molar-refractivity contribution in [2.45, 2.75) is 61.2 Å². The number of sulfonamides is 1. The van der Waals surface area contributed by atoms with Crippen LogP contribution in [0, 0.1) is 0 Å². The Bertz CT molecular complexity index is 3700. The zero-order valence-corrected chi connectivity index (χ0v) is 48.6. The number of aromatic nitrogens is 3. The van der Waals surface area contributed by atoms with E-state index in [0.717, 1.165) is 63.2 Å². The van der Waals surface area contributed by atoms with Gasteiger partial charge in [0.15, 0.2) is 13.5 Å². The molecule has 1 heterocycles. The van der Waals surface area contributed by atoms with Gasteiger partial charge < -0.3 is 48.6 Å². The van der Waals surface area contributed by atoms with Crippen LogP contribution in [0.1, 0.15) is 51.4 Å². The van der Waals surface area contributed by atoms with Crippen molar-refractivity contribution < 1.29 is 68.1 Å². The van der Waals surface area contributed by atoms with E-state index < -0.39 is 50.3 Å². The lowest BCUT2D eigenvalue weighted by molar-refractivity contribution is -0.141. The number of nitrogens with zero attached hydrogens (tertiary/aromatic N) is 3.